The van der Waals surface area contributed by atoms with Gasteiger partial charge in [0.2, 0.25) is 0 Å². The maximum atomic E-state index is 12.9. The molecule has 0 aliphatic carbocycles. The maximum Gasteiger partial charge on any atom is 0.264 e. The molecule has 1 N–H and O–H groups in total. The van der Waals surface area contributed by atoms with Crippen LogP contribution in [0.25, 0.3) is 0 Å². The van der Waals surface area contributed by atoms with Gasteiger partial charge in [-0.2, -0.15) is 0 Å². The Balaban J connectivity index is 1.75. The Morgan fingerprint density at radius 1 is 1.19 bits per heavy atom. The molecular weight excluding hydrogens is 354 g/mol. The molecule has 136 valence electrons. The fraction of sp³-hybridized carbons (Fsp3) is 0.300. The third kappa shape index (κ3) is 3.45. The summed E-state index contributed by atoms with van der Waals surface area (Å²) >= 11 is 6.28. The number of para-hydroxylation sites is 2. The third-order valence-corrected chi connectivity index (χ3v) is 4.65. The average molecular weight is 374 g/mol. The molecule has 2 aromatic rings. The van der Waals surface area contributed by atoms with Crippen LogP contribution in [0.5, 0.6) is 5.75 Å². The number of anilines is 1. The zero-order valence-corrected chi connectivity index (χ0v) is 15.2. The molecule has 26 heavy (non-hydrogen) atoms. The number of ether oxygens (including phenoxy) is 1. The second kappa shape index (κ2) is 7.48. The zero-order chi connectivity index (χ0) is 18.7. The number of Topliss-reactive ketones (excluding diaryl/α,β-unsaturated/α-hetero) is 1. The maximum absolute atomic E-state index is 12.9. The molecule has 1 unspecified atom stereocenters. The summed E-state index contributed by atoms with van der Waals surface area (Å²) in [7, 11) is 0. The summed E-state index contributed by atoms with van der Waals surface area (Å²) in [6.45, 7) is 2.10. The summed E-state index contributed by atoms with van der Waals surface area (Å²) in [6, 6.07) is 14.4. The van der Waals surface area contributed by atoms with Crippen molar-refractivity contribution in [3.05, 3.63) is 59.1 Å². The number of carbonyl (C=O) groups excluding carboxylic acids is 2. The molecule has 0 fully saturated rings. The van der Waals surface area contributed by atoms with Crippen molar-refractivity contribution >= 4 is 29.0 Å². The van der Waals surface area contributed by atoms with Crippen LogP contribution in [0.15, 0.2) is 48.5 Å². The second-order valence-electron chi connectivity index (χ2n) is 6.35. The Morgan fingerprint density at radius 2 is 1.92 bits per heavy atom. The summed E-state index contributed by atoms with van der Waals surface area (Å²) in [4.78, 5) is 25.9. The highest BCUT2D eigenvalue weighted by Crippen LogP contribution is 2.46. The number of nitrogens with zero attached hydrogens (tertiary/aromatic N) is 1. The number of rotatable bonds is 7. The predicted molar refractivity (Wildman–Crippen MR) is 99.6 cm³/mol. The molecule has 1 aliphatic heterocycles. The van der Waals surface area contributed by atoms with Crippen molar-refractivity contribution in [1.82, 2.24) is 0 Å². The Labute approximate surface area is 157 Å². The van der Waals surface area contributed by atoms with Gasteiger partial charge >= 0.3 is 0 Å². The predicted octanol–water partition coefficient (Wildman–Crippen LogP) is 3.32. The highest BCUT2D eigenvalue weighted by molar-refractivity contribution is 6.35. The summed E-state index contributed by atoms with van der Waals surface area (Å²) in [6.07, 6.45) is 0.289. The van der Waals surface area contributed by atoms with Crippen LogP contribution < -0.4 is 9.64 Å². The Hall–Kier alpha value is -2.37. The van der Waals surface area contributed by atoms with E-state index in [1.807, 2.05) is 30.3 Å². The number of aliphatic hydroxyl groups is 1. The van der Waals surface area contributed by atoms with Crippen LogP contribution in [-0.4, -0.2) is 29.9 Å². The fourth-order valence-electron chi connectivity index (χ4n) is 3.24. The van der Waals surface area contributed by atoms with E-state index in [-0.39, 0.29) is 12.2 Å². The number of hydrogen-bond donors (Lipinski definition) is 1. The van der Waals surface area contributed by atoms with Crippen LogP contribution in [-0.2, 0) is 15.2 Å². The van der Waals surface area contributed by atoms with Gasteiger partial charge in [0, 0.05) is 18.5 Å². The Morgan fingerprint density at radius 3 is 2.62 bits per heavy atom. The van der Waals surface area contributed by atoms with Gasteiger partial charge in [-0.25, -0.2) is 0 Å². The number of fused-ring (bicyclic) bond motifs is 1. The highest BCUT2D eigenvalue weighted by Gasteiger charge is 2.50. The van der Waals surface area contributed by atoms with E-state index in [0.29, 0.717) is 35.8 Å². The molecule has 5 nitrogen and oxygen atoms in total. The number of carbonyl (C=O) groups is 2. The van der Waals surface area contributed by atoms with Crippen molar-refractivity contribution in [3.8, 4) is 5.75 Å². The fourth-order valence-corrected chi connectivity index (χ4v) is 3.51. The normalized spacial score (nSPS) is 18.7. The van der Waals surface area contributed by atoms with Gasteiger partial charge in [-0.3, -0.25) is 9.59 Å². The smallest absolute Gasteiger partial charge is 0.264 e. The van der Waals surface area contributed by atoms with Crippen LogP contribution in [0.4, 0.5) is 5.69 Å². The van der Waals surface area contributed by atoms with Crippen molar-refractivity contribution in [2.45, 2.75) is 25.4 Å². The number of ketones is 1. The van der Waals surface area contributed by atoms with E-state index >= 15 is 0 Å². The van der Waals surface area contributed by atoms with E-state index < -0.39 is 11.5 Å². The van der Waals surface area contributed by atoms with Crippen LogP contribution in [0.1, 0.15) is 25.3 Å². The molecule has 1 amide bonds. The molecule has 0 bridgehead atoms. The topological polar surface area (TPSA) is 66.8 Å². The molecule has 1 atom stereocenters. The summed E-state index contributed by atoms with van der Waals surface area (Å²) in [5.74, 6) is -0.0247. The van der Waals surface area contributed by atoms with Gasteiger partial charge in [-0.05, 0) is 31.5 Å². The first-order valence-electron chi connectivity index (χ1n) is 8.44. The molecule has 0 saturated carbocycles. The summed E-state index contributed by atoms with van der Waals surface area (Å²) < 4.78 is 5.65. The number of benzene rings is 2. The largest absolute Gasteiger partial charge is 0.494 e. The quantitative estimate of drug-likeness (QED) is 0.756. The van der Waals surface area contributed by atoms with E-state index in [1.54, 1.807) is 18.2 Å². The van der Waals surface area contributed by atoms with Crippen molar-refractivity contribution in [1.29, 1.82) is 0 Å². The Bertz CT molecular complexity index is 824. The molecule has 2 aromatic carbocycles. The molecule has 0 spiro atoms. The van der Waals surface area contributed by atoms with Gasteiger partial charge < -0.3 is 14.7 Å². The number of halogens is 1. The number of amides is 1. The minimum Gasteiger partial charge on any atom is -0.494 e. The Kier molecular flexibility index (Phi) is 5.30. The van der Waals surface area contributed by atoms with Crippen molar-refractivity contribution < 1.29 is 19.4 Å². The van der Waals surface area contributed by atoms with Gasteiger partial charge in [-0.15, -0.1) is 0 Å². The summed E-state index contributed by atoms with van der Waals surface area (Å²) in [5.41, 5.74) is -0.997. The van der Waals surface area contributed by atoms with E-state index in [1.165, 1.54) is 11.8 Å². The van der Waals surface area contributed by atoms with E-state index in [0.717, 1.165) is 5.75 Å². The molecule has 1 heterocycles. The standard InChI is InChI=1S/C20H20ClNO4/c1-14(23)13-20(25)16-9-5-10-17(21)18(16)22(19(20)24)11-6-12-26-15-7-3-2-4-8-15/h2-5,7-10,25H,6,11-13H2,1H3. The lowest BCUT2D eigenvalue weighted by Crippen LogP contribution is -2.42. The first kappa shape index (κ1) is 18.4. The van der Waals surface area contributed by atoms with Gasteiger partial charge in [0.1, 0.15) is 11.5 Å². The van der Waals surface area contributed by atoms with E-state index in [2.05, 4.69) is 0 Å². The molecule has 0 saturated heterocycles. The van der Waals surface area contributed by atoms with E-state index in [4.69, 9.17) is 16.3 Å². The van der Waals surface area contributed by atoms with Gasteiger partial charge in [0.05, 0.1) is 17.3 Å². The van der Waals surface area contributed by atoms with Gasteiger partial charge in [0.15, 0.2) is 5.60 Å². The SMILES string of the molecule is CC(=O)CC1(O)C(=O)N(CCCOc2ccccc2)c2c(Cl)cccc21. The molecule has 6 heteroatoms. The molecule has 0 aromatic heterocycles. The summed E-state index contributed by atoms with van der Waals surface area (Å²) in [5, 5.41) is 11.3. The molecule has 3 rings (SSSR count). The van der Waals surface area contributed by atoms with Crippen LogP contribution in [0, 0.1) is 0 Å². The zero-order valence-electron chi connectivity index (χ0n) is 14.4. The van der Waals surface area contributed by atoms with Crippen LogP contribution in [0.2, 0.25) is 5.02 Å². The highest BCUT2D eigenvalue weighted by atomic mass is 35.5. The third-order valence-electron chi connectivity index (χ3n) is 4.34. The van der Waals surface area contributed by atoms with Crippen molar-refractivity contribution in [2.24, 2.45) is 0 Å². The average Bonchev–Trinajstić information content (AvgIpc) is 2.82. The first-order valence-corrected chi connectivity index (χ1v) is 8.82. The van der Waals surface area contributed by atoms with Crippen molar-refractivity contribution in [3.63, 3.8) is 0 Å². The lowest BCUT2D eigenvalue weighted by molar-refractivity contribution is -0.141. The van der Waals surface area contributed by atoms with Crippen LogP contribution >= 0.6 is 11.6 Å². The van der Waals surface area contributed by atoms with Crippen molar-refractivity contribution in [2.75, 3.05) is 18.1 Å². The van der Waals surface area contributed by atoms with Gasteiger partial charge in [-0.1, -0.05) is 41.9 Å². The lowest BCUT2D eigenvalue weighted by Gasteiger charge is -2.22. The van der Waals surface area contributed by atoms with Crippen LogP contribution in [0.3, 0.4) is 0 Å². The first-order chi connectivity index (χ1) is 12.4. The monoisotopic (exact) mass is 373 g/mol. The van der Waals surface area contributed by atoms with Gasteiger partial charge in [0.25, 0.3) is 5.91 Å². The second-order valence-corrected chi connectivity index (χ2v) is 6.75. The van der Waals surface area contributed by atoms with E-state index in [9.17, 15) is 14.7 Å². The lowest BCUT2D eigenvalue weighted by atomic mass is 9.90. The molecular formula is C20H20ClNO4. The minimum atomic E-state index is -1.85. The molecule has 1 aliphatic rings. The number of hydrogen-bond acceptors (Lipinski definition) is 4. The molecule has 0 radical (unpaired) electrons. The minimum absolute atomic E-state index is 0.263.